The van der Waals surface area contributed by atoms with Crippen LogP contribution in [-0.2, 0) is 14.3 Å². The number of thiazole rings is 1. The lowest BCUT2D eigenvalue weighted by Crippen LogP contribution is -2.29. The van der Waals surface area contributed by atoms with Crippen LogP contribution in [0.3, 0.4) is 0 Å². The molecule has 0 saturated carbocycles. The van der Waals surface area contributed by atoms with E-state index in [1.165, 1.54) is 18.1 Å². The average molecular weight is 513 g/mol. The van der Waals surface area contributed by atoms with Gasteiger partial charge in [-0.25, -0.2) is 9.78 Å². The van der Waals surface area contributed by atoms with E-state index < -0.39 is 23.7 Å². The number of aliphatic hydroxyl groups excluding tert-OH is 1. The summed E-state index contributed by atoms with van der Waals surface area (Å²) in [5.41, 5.74) is 1.09. The maximum atomic E-state index is 13.3. The van der Waals surface area contributed by atoms with E-state index in [0.29, 0.717) is 17.0 Å². The van der Waals surface area contributed by atoms with Gasteiger partial charge in [0.05, 0.1) is 36.0 Å². The van der Waals surface area contributed by atoms with Crippen molar-refractivity contribution in [2.24, 2.45) is 0 Å². The van der Waals surface area contributed by atoms with Crippen molar-refractivity contribution in [1.29, 1.82) is 0 Å². The van der Waals surface area contributed by atoms with Crippen molar-refractivity contribution in [1.82, 2.24) is 4.98 Å². The van der Waals surface area contributed by atoms with Crippen LogP contribution in [0.1, 0.15) is 39.5 Å². The molecule has 2 aromatic carbocycles. The van der Waals surface area contributed by atoms with Crippen LogP contribution in [0.15, 0.2) is 54.1 Å². The number of methoxy groups -OCH3 is 1. The normalized spacial score (nSPS) is 17.0. The SMILES string of the molecule is CCOC(=O)c1sc(N2C(=O)C(=O)/C(=C(/O)c3ccc(OC)c(Cl)c3)[C@H]2c2ccccc2)nc1C. The molecule has 0 spiro atoms. The molecule has 1 amide bonds. The minimum Gasteiger partial charge on any atom is -0.507 e. The number of anilines is 1. The minimum atomic E-state index is -0.974. The number of Topliss-reactive ketones (excluding diaryl/α,β-unsaturated/α-hetero) is 1. The van der Waals surface area contributed by atoms with Gasteiger partial charge in [-0.3, -0.25) is 14.5 Å². The Hall–Kier alpha value is -3.69. The molecule has 2 heterocycles. The number of aryl methyl sites for hydroxylation is 1. The minimum absolute atomic E-state index is 0.118. The molecule has 1 saturated heterocycles. The smallest absolute Gasteiger partial charge is 0.350 e. The number of carbonyl (C=O) groups is 3. The average Bonchev–Trinajstić information content (AvgIpc) is 3.36. The fourth-order valence-corrected chi connectivity index (χ4v) is 5.07. The number of carbonyl (C=O) groups excluding carboxylic acids is 3. The number of rotatable bonds is 6. The molecule has 3 aromatic rings. The van der Waals surface area contributed by atoms with Gasteiger partial charge in [0.15, 0.2) is 5.13 Å². The van der Waals surface area contributed by atoms with E-state index in [1.807, 2.05) is 0 Å². The third kappa shape index (κ3) is 4.40. The van der Waals surface area contributed by atoms with Gasteiger partial charge in [0.25, 0.3) is 5.78 Å². The van der Waals surface area contributed by atoms with Crippen LogP contribution < -0.4 is 9.64 Å². The maximum absolute atomic E-state index is 13.3. The summed E-state index contributed by atoms with van der Waals surface area (Å²) in [6, 6.07) is 12.4. The quantitative estimate of drug-likeness (QED) is 0.216. The summed E-state index contributed by atoms with van der Waals surface area (Å²) in [6.45, 7) is 3.50. The Kier molecular flexibility index (Phi) is 6.90. The Morgan fingerprint density at radius 1 is 1.20 bits per heavy atom. The largest absolute Gasteiger partial charge is 0.507 e. The summed E-state index contributed by atoms with van der Waals surface area (Å²) in [6.07, 6.45) is 0. The van der Waals surface area contributed by atoms with Gasteiger partial charge in [-0.1, -0.05) is 53.3 Å². The van der Waals surface area contributed by atoms with Crippen LogP contribution in [-0.4, -0.2) is 41.5 Å². The number of nitrogens with zero attached hydrogens (tertiary/aromatic N) is 2. The van der Waals surface area contributed by atoms with E-state index in [4.69, 9.17) is 21.1 Å². The standard InChI is InChI=1S/C25H21ClN2O6S/c1-4-34-24(32)22-13(2)27-25(35-22)28-19(14-8-6-5-7-9-14)18(21(30)23(28)31)20(29)15-10-11-17(33-3)16(26)12-15/h5-12,19,29H,4H2,1-3H3/b20-18+/t19-/m1/s1. The van der Waals surface area contributed by atoms with E-state index in [0.717, 1.165) is 11.3 Å². The number of ether oxygens (including phenoxy) is 2. The van der Waals surface area contributed by atoms with Crippen LogP contribution in [0.5, 0.6) is 5.75 Å². The molecule has 0 unspecified atom stereocenters. The molecule has 1 N–H and O–H groups in total. The lowest BCUT2D eigenvalue weighted by molar-refractivity contribution is -0.132. The Bertz CT molecular complexity index is 1350. The predicted octanol–water partition coefficient (Wildman–Crippen LogP) is 4.92. The first-order valence-corrected chi connectivity index (χ1v) is 11.8. The number of amides is 1. The highest BCUT2D eigenvalue weighted by molar-refractivity contribution is 7.17. The molecule has 0 bridgehead atoms. The highest BCUT2D eigenvalue weighted by Gasteiger charge is 2.48. The van der Waals surface area contributed by atoms with Crippen molar-refractivity contribution >= 4 is 51.5 Å². The molecule has 1 aromatic heterocycles. The van der Waals surface area contributed by atoms with E-state index >= 15 is 0 Å². The molecule has 35 heavy (non-hydrogen) atoms. The zero-order valence-electron chi connectivity index (χ0n) is 19.1. The van der Waals surface area contributed by atoms with Crippen molar-refractivity contribution < 1.29 is 29.0 Å². The number of hydrogen-bond donors (Lipinski definition) is 1. The number of aromatic nitrogens is 1. The van der Waals surface area contributed by atoms with Gasteiger partial charge in [-0.2, -0.15) is 0 Å². The van der Waals surface area contributed by atoms with E-state index in [9.17, 15) is 19.5 Å². The molecule has 8 nitrogen and oxygen atoms in total. The lowest BCUT2D eigenvalue weighted by Gasteiger charge is -2.23. The number of halogens is 1. The summed E-state index contributed by atoms with van der Waals surface area (Å²) in [7, 11) is 1.46. The van der Waals surface area contributed by atoms with Gasteiger partial charge < -0.3 is 14.6 Å². The molecule has 10 heteroatoms. The Morgan fingerprint density at radius 3 is 2.54 bits per heavy atom. The topological polar surface area (TPSA) is 106 Å². The monoisotopic (exact) mass is 512 g/mol. The molecule has 0 aliphatic carbocycles. The van der Waals surface area contributed by atoms with Gasteiger partial charge in [-0.15, -0.1) is 0 Å². The summed E-state index contributed by atoms with van der Waals surface area (Å²) < 4.78 is 10.2. The van der Waals surface area contributed by atoms with Crippen molar-refractivity contribution in [3.63, 3.8) is 0 Å². The first kappa shape index (κ1) is 24.4. The summed E-state index contributed by atoms with van der Waals surface area (Å²) in [5.74, 6) is -2.30. The van der Waals surface area contributed by atoms with Crippen LogP contribution in [0.4, 0.5) is 5.13 Å². The van der Waals surface area contributed by atoms with Gasteiger partial charge in [-0.05, 0) is 37.6 Å². The zero-order valence-corrected chi connectivity index (χ0v) is 20.6. The van der Waals surface area contributed by atoms with Gasteiger partial charge in [0, 0.05) is 5.56 Å². The fraction of sp³-hybridized carbons (Fsp3) is 0.200. The second-order valence-corrected chi connectivity index (χ2v) is 8.95. The Labute approximate surface area is 210 Å². The van der Waals surface area contributed by atoms with Gasteiger partial charge in [0.2, 0.25) is 0 Å². The second-order valence-electron chi connectivity index (χ2n) is 7.56. The number of hydrogen-bond acceptors (Lipinski definition) is 8. The number of aliphatic hydroxyl groups is 1. The van der Waals surface area contributed by atoms with E-state index in [1.54, 1.807) is 56.3 Å². The molecule has 1 aliphatic heterocycles. The molecule has 1 atom stereocenters. The molecule has 4 rings (SSSR count). The first-order valence-electron chi connectivity index (χ1n) is 10.6. The van der Waals surface area contributed by atoms with E-state index in [2.05, 4.69) is 4.98 Å². The third-order valence-electron chi connectivity index (χ3n) is 5.44. The van der Waals surface area contributed by atoms with Crippen molar-refractivity contribution in [2.45, 2.75) is 19.9 Å². The molecule has 1 fully saturated rings. The Balaban J connectivity index is 1.89. The molecule has 0 radical (unpaired) electrons. The third-order valence-corrected chi connectivity index (χ3v) is 6.87. The van der Waals surface area contributed by atoms with Crippen molar-refractivity contribution in [3.05, 3.63) is 80.8 Å². The predicted molar refractivity (Wildman–Crippen MR) is 132 cm³/mol. The Morgan fingerprint density at radius 2 is 1.91 bits per heavy atom. The van der Waals surface area contributed by atoms with Crippen LogP contribution in [0, 0.1) is 6.92 Å². The zero-order chi connectivity index (χ0) is 25.3. The number of benzene rings is 2. The fourth-order valence-electron chi connectivity index (χ4n) is 3.82. The second kappa shape index (κ2) is 9.89. The summed E-state index contributed by atoms with van der Waals surface area (Å²) in [5, 5.41) is 11.6. The number of ketones is 1. The molecule has 180 valence electrons. The molecule has 1 aliphatic rings. The summed E-state index contributed by atoms with van der Waals surface area (Å²) >= 11 is 7.18. The molecular weight excluding hydrogens is 492 g/mol. The maximum Gasteiger partial charge on any atom is 0.350 e. The number of esters is 1. The van der Waals surface area contributed by atoms with Crippen LogP contribution in [0.2, 0.25) is 5.02 Å². The molecular formula is C25H21ClN2O6S. The highest BCUT2D eigenvalue weighted by Crippen LogP contribution is 2.44. The van der Waals surface area contributed by atoms with E-state index in [-0.39, 0.29) is 38.5 Å². The van der Waals surface area contributed by atoms with Crippen molar-refractivity contribution in [2.75, 3.05) is 18.6 Å². The first-order chi connectivity index (χ1) is 16.8. The van der Waals surface area contributed by atoms with Crippen LogP contribution >= 0.6 is 22.9 Å². The van der Waals surface area contributed by atoms with Crippen LogP contribution in [0.25, 0.3) is 5.76 Å². The summed E-state index contributed by atoms with van der Waals surface area (Å²) in [4.78, 5) is 44.7. The van der Waals surface area contributed by atoms with Gasteiger partial charge >= 0.3 is 11.9 Å². The highest BCUT2D eigenvalue weighted by atomic mass is 35.5. The van der Waals surface area contributed by atoms with Gasteiger partial charge in [0.1, 0.15) is 16.4 Å². The lowest BCUT2D eigenvalue weighted by atomic mass is 9.95. The van der Waals surface area contributed by atoms with Crippen molar-refractivity contribution in [3.8, 4) is 5.75 Å².